The van der Waals surface area contributed by atoms with E-state index in [1.165, 1.54) is 5.57 Å². The molecule has 0 spiro atoms. The molecule has 122 valence electrons. The molecule has 2 aromatic heterocycles. The zero-order chi connectivity index (χ0) is 16.2. The number of aromatic nitrogens is 4. The van der Waals surface area contributed by atoms with Gasteiger partial charge in [0.25, 0.3) is 0 Å². The van der Waals surface area contributed by atoms with Crippen molar-refractivity contribution >= 4 is 16.9 Å². The summed E-state index contributed by atoms with van der Waals surface area (Å²) in [6, 6.07) is 10.00. The first kappa shape index (κ1) is 14.8. The molecule has 0 saturated carbocycles. The average Bonchev–Trinajstić information content (AvgIpc) is 3.08. The standard InChI is InChI=1S/C18H19N5O/c1-2-4-15(5-3-1)23-18-16(12-22-23)17(20-13-21-18)19-9-6-14-7-10-24-11-8-14/h1-5,7,12-13H,6,8-11H2,(H,19,20,21). The molecule has 0 unspecified atom stereocenters. The van der Waals surface area contributed by atoms with Crippen LogP contribution in [-0.4, -0.2) is 39.5 Å². The van der Waals surface area contributed by atoms with Gasteiger partial charge in [-0.15, -0.1) is 0 Å². The predicted molar refractivity (Wildman–Crippen MR) is 93.3 cm³/mol. The summed E-state index contributed by atoms with van der Waals surface area (Å²) < 4.78 is 7.17. The van der Waals surface area contributed by atoms with E-state index in [2.05, 4.69) is 26.5 Å². The van der Waals surface area contributed by atoms with Crippen LogP contribution in [-0.2, 0) is 4.74 Å². The van der Waals surface area contributed by atoms with Crippen molar-refractivity contribution in [2.45, 2.75) is 12.8 Å². The highest BCUT2D eigenvalue weighted by Crippen LogP contribution is 2.22. The molecule has 4 rings (SSSR count). The molecule has 0 bridgehead atoms. The van der Waals surface area contributed by atoms with Crippen LogP contribution in [0.15, 0.2) is 54.5 Å². The molecule has 1 aliphatic heterocycles. The molecule has 1 aliphatic rings. The molecule has 1 aromatic carbocycles. The lowest BCUT2D eigenvalue weighted by molar-refractivity contribution is 0.153. The van der Waals surface area contributed by atoms with Gasteiger partial charge in [-0.05, 0) is 25.0 Å². The zero-order valence-electron chi connectivity index (χ0n) is 13.4. The highest BCUT2D eigenvalue weighted by Gasteiger charge is 2.11. The van der Waals surface area contributed by atoms with Crippen LogP contribution in [0.3, 0.4) is 0 Å². The first-order valence-electron chi connectivity index (χ1n) is 8.15. The van der Waals surface area contributed by atoms with Gasteiger partial charge in [0.05, 0.1) is 30.5 Å². The summed E-state index contributed by atoms with van der Waals surface area (Å²) >= 11 is 0. The number of anilines is 1. The molecule has 3 heterocycles. The van der Waals surface area contributed by atoms with Crippen LogP contribution in [0.2, 0.25) is 0 Å². The molecule has 0 radical (unpaired) electrons. The first-order chi connectivity index (χ1) is 11.9. The van der Waals surface area contributed by atoms with Crippen LogP contribution in [0.1, 0.15) is 12.8 Å². The molecular weight excluding hydrogens is 302 g/mol. The van der Waals surface area contributed by atoms with Crippen molar-refractivity contribution in [2.75, 3.05) is 25.1 Å². The molecule has 24 heavy (non-hydrogen) atoms. The Kier molecular flexibility index (Phi) is 4.20. The van der Waals surface area contributed by atoms with Crippen molar-refractivity contribution < 1.29 is 4.74 Å². The summed E-state index contributed by atoms with van der Waals surface area (Å²) in [6.45, 7) is 2.40. The van der Waals surface area contributed by atoms with Crippen LogP contribution in [0, 0.1) is 0 Å². The Bertz CT molecular complexity index is 856. The van der Waals surface area contributed by atoms with Gasteiger partial charge in [0, 0.05) is 6.54 Å². The Morgan fingerprint density at radius 3 is 2.92 bits per heavy atom. The van der Waals surface area contributed by atoms with Gasteiger partial charge in [0.2, 0.25) is 0 Å². The molecule has 6 nitrogen and oxygen atoms in total. The number of benzene rings is 1. The Labute approximate surface area is 140 Å². The minimum Gasteiger partial charge on any atom is -0.377 e. The number of nitrogens with zero attached hydrogens (tertiary/aromatic N) is 4. The van der Waals surface area contributed by atoms with Crippen molar-refractivity contribution in [2.24, 2.45) is 0 Å². The van der Waals surface area contributed by atoms with Gasteiger partial charge in [0.1, 0.15) is 12.1 Å². The van der Waals surface area contributed by atoms with E-state index in [9.17, 15) is 0 Å². The van der Waals surface area contributed by atoms with E-state index in [0.29, 0.717) is 0 Å². The monoisotopic (exact) mass is 321 g/mol. The molecule has 0 aliphatic carbocycles. The largest absolute Gasteiger partial charge is 0.377 e. The van der Waals surface area contributed by atoms with Gasteiger partial charge in [0.15, 0.2) is 5.65 Å². The number of fused-ring (bicyclic) bond motifs is 1. The quantitative estimate of drug-likeness (QED) is 0.732. The number of nitrogens with one attached hydrogen (secondary N) is 1. The maximum Gasteiger partial charge on any atom is 0.168 e. The third-order valence-electron chi connectivity index (χ3n) is 4.16. The van der Waals surface area contributed by atoms with Crippen molar-refractivity contribution in [1.82, 2.24) is 19.7 Å². The molecule has 3 aromatic rings. The summed E-state index contributed by atoms with van der Waals surface area (Å²) in [6.07, 6.45) is 7.60. The first-order valence-corrected chi connectivity index (χ1v) is 8.15. The normalized spacial score (nSPS) is 14.6. The minimum absolute atomic E-state index is 0.733. The van der Waals surface area contributed by atoms with E-state index in [-0.39, 0.29) is 0 Å². The maximum absolute atomic E-state index is 5.34. The van der Waals surface area contributed by atoms with Crippen LogP contribution in [0.5, 0.6) is 0 Å². The van der Waals surface area contributed by atoms with Crippen LogP contribution in [0.25, 0.3) is 16.7 Å². The van der Waals surface area contributed by atoms with E-state index in [4.69, 9.17) is 4.74 Å². The van der Waals surface area contributed by atoms with Crippen molar-refractivity contribution in [3.8, 4) is 5.69 Å². The molecule has 0 fully saturated rings. The molecule has 0 atom stereocenters. The second-order valence-corrected chi connectivity index (χ2v) is 5.72. The zero-order valence-corrected chi connectivity index (χ0v) is 13.4. The van der Waals surface area contributed by atoms with Crippen molar-refractivity contribution in [1.29, 1.82) is 0 Å². The van der Waals surface area contributed by atoms with Gasteiger partial charge in [-0.2, -0.15) is 5.10 Å². The van der Waals surface area contributed by atoms with E-state index >= 15 is 0 Å². The number of hydrogen-bond donors (Lipinski definition) is 1. The van der Waals surface area contributed by atoms with Crippen molar-refractivity contribution in [3.05, 3.63) is 54.5 Å². The fourth-order valence-electron chi connectivity index (χ4n) is 2.88. The van der Waals surface area contributed by atoms with E-state index < -0.39 is 0 Å². The van der Waals surface area contributed by atoms with Crippen LogP contribution >= 0.6 is 0 Å². The lowest BCUT2D eigenvalue weighted by Crippen LogP contribution is -2.10. The molecule has 0 saturated heterocycles. The number of ether oxygens (including phenoxy) is 1. The number of para-hydroxylation sites is 1. The molecule has 1 N–H and O–H groups in total. The van der Waals surface area contributed by atoms with E-state index in [1.807, 2.05) is 41.2 Å². The Morgan fingerprint density at radius 1 is 1.17 bits per heavy atom. The fourth-order valence-corrected chi connectivity index (χ4v) is 2.88. The smallest absolute Gasteiger partial charge is 0.168 e. The Hall–Kier alpha value is -2.73. The van der Waals surface area contributed by atoms with E-state index in [1.54, 1.807) is 6.33 Å². The van der Waals surface area contributed by atoms with Gasteiger partial charge < -0.3 is 10.1 Å². The lowest BCUT2D eigenvalue weighted by atomic mass is 10.1. The second kappa shape index (κ2) is 6.80. The Balaban J connectivity index is 1.54. The van der Waals surface area contributed by atoms with Crippen molar-refractivity contribution in [3.63, 3.8) is 0 Å². The predicted octanol–water partition coefficient (Wildman–Crippen LogP) is 2.96. The summed E-state index contributed by atoms with van der Waals surface area (Å²) in [5.74, 6) is 0.829. The van der Waals surface area contributed by atoms with Gasteiger partial charge in [-0.25, -0.2) is 14.6 Å². The summed E-state index contributed by atoms with van der Waals surface area (Å²) in [5, 5.41) is 8.82. The third kappa shape index (κ3) is 3.00. The maximum atomic E-state index is 5.34. The topological polar surface area (TPSA) is 64.9 Å². The van der Waals surface area contributed by atoms with Gasteiger partial charge >= 0.3 is 0 Å². The highest BCUT2D eigenvalue weighted by atomic mass is 16.5. The van der Waals surface area contributed by atoms with Crippen LogP contribution < -0.4 is 5.32 Å². The lowest BCUT2D eigenvalue weighted by Gasteiger charge is -2.14. The highest BCUT2D eigenvalue weighted by molar-refractivity contribution is 5.87. The molecule has 0 amide bonds. The number of hydrogen-bond acceptors (Lipinski definition) is 5. The molecular formula is C18H19N5O. The average molecular weight is 321 g/mol. The SMILES string of the molecule is C1=C(CCNc2ncnc3c2cnn3-c2ccccc2)CCOC1. The summed E-state index contributed by atoms with van der Waals surface area (Å²) in [4.78, 5) is 8.77. The fraction of sp³-hybridized carbons (Fsp3) is 0.278. The van der Waals surface area contributed by atoms with Crippen LogP contribution in [0.4, 0.5) is 5.82 Å². The summed E-state index contributed by atoms with van der Waals surface area (Å²) in [7, 11) is 0. The minimum atomic E-state index is 0.733. The third-order valence-corrected chi connectivity index (χ3v) is 4.16. The molecule has 6 heteroatoms. The Morgan fingerprint density at radius 2 is 2.08 bits per heavy atom. The summed E-state index contributed by atoms with van der Waals surface area (Å²) in [5.41, 5.74) is 3.24. The van der Waals surface area contributed by atoms with Gasteiger partial charge in [-0.3, -0.25) is 0 Å². The van der Waals surface area contributed by atoms with Gasteiger partial charge in [-0.1, -0.05) is 29.8 Å². The number of rotatable bonds is 5. The van der Waals surface area contributed by atoms with E-state index in [0.717, 1.165) is 55.1 Å². The second-order valence-electron chi connectivity index (χ2n) is 5.72.